The Morgan fingerprint density at radius 2 is 1.78 bits per heavy atom. The van der Waals surface area contributed by atoms with Gasteiger partial charge < -0.3 is 4.55 Å². The number of nitrogens with zero attached hydrogens (tertiary/aromatic N) is 2. The van der Waals surface area contributed by atoms with Crippen molar-refractivity contribution in [3.05, 3.63) is 71.4 Å². The Morgan fingerprint density at radius 1 is 1.15 bits per heavy atom. The monoisotopic (exact) mass is 389 g/mol. The Labute approximate surface area is 156 Å². The van der Waals surface area contributed by atoms with Gasteiger partial charge in [-0.15, -0.1) is 0 Å². The van der Waals surface area contributed by atoms with Crippen LogP contribution in [0.15, 0.2) is 54.6 Å². The number of hydrogen-bond acceptors (Lipinski definition) is 4. The van der Waals surface area contributed by atoms with Gasteiger partial charge in [0.2, 0.25) is 0 Å². The highest BCUT2D eigenvalue weighted by Gasteiger charge is 2.18. The molecule has 0 aliphatic carbocycles. The van der Waals surface area contributed by atoms with Gasteiger partial charge in [-0.25, -0.2) is 13.5 Å². The Hall–Kier alpha value is -2.71. The van der Waals surface area contributed by atoms with Crippen LogP contribution >= 0.6 is 0 Å². The highest BCUT2D eigenvalue weighted by atomic mass is 32.2. The number of aromatic nitrogens is 2. The van der Waals surface area contributed by atoms with E-state index >= 15 is 0 Å². The molecule has 0 N–H and O–H groups in total. The summed E-state index contributed by atoms with van der Waals surface area (Å²) < 4.78 is 49.3. The molecule has 27 heavy (non-hydrogen) atoms. The smallest absolute Gasteiger partial charge is 0.282 e. The van der Waals surface area contributed by atoms with E-state index in [2.05, 4.69) is 5.10 Å². The van der Waals surface area contributed by atoms with Crippen molar-refractivity contribution in [1.29, 1.82) is 0 Å². The number of hydrogen-bond donors (Lipinski definition) is 0. The number of carbonyl (C=O) groups excluding carboxylic acids is 1. The molecule has 1 heterocycles. The third kappa shape index (κ3) is 4.35. The molecule has 0 saturated heterocycles. The van der Waals surface area contributed by atoms with E-state index < -0.39 is 17.5 Å². The molecule has 5 nitrogen and oxygen atoms in total. The molecule has 0 fully saturated rings. The van der Waals surface area contributed by atoms with Crippen LogP contribution in [0, 0.1) is 0 Å². The summed E-state index contributed by atoms with van der Waals surface area (Å²) in [5.41, 5.74) is 2.33. The molecule has 0 aliphatic rings. The molecule has 1 unspecified atom stereocenters. The molecule has 3 rings (SSSR count). The van der Waals surface area contributed by atoms with Gasteiger partial charge in [-0.3, -0.25) is 9.00 Å². The highest BCUT2D eigenvalue weighted by molar-refractivity contribution is 7.78. The van der Waals surface area contributed by atoms with Crippen LogP contribution in [0.1, 0.15) is 35.0 Å². The standard InChI is InChI=1S/C19H16F2N2O3S/c1-12(24)14-6-8-16(9-7-14)23-18(10-17(22-23)19(20)21)15-4-2-13(3-5-15)11-27(25)26/h2-10,19H,11H2,1H3,(H,25,26)/p-1. The summed E-state index contributed by atoms with van der Waals surface area (Å²) in [6, 6.07) is 14.4. The second-order valence-corrected chi connectivity index (χ2v) is 6.81. The van der Waals surface area contributed by atoms with Crippen LogP contribution in [0.2, 0.25) is 0 Å². The lowest BCUT2D eigenvalue weighted by Gasteiger charge is -2.10. The summed E-state index contributed by atoms with van der Waals surface area (Å²) in [7, 11) is 0. The van der Waals surface area contributed by atoms with E-state index in [1.807, 2.05) is 0 Å². The third-order valence-electron chi connectivity index (χ3n) is 4.00. The Balaban J connectivity index is 2.04. The van der Waals surface area contributed by atoms with Gasteiger partial charge in [0.1, 0.15) is 5.69 Å². The molecule has 0 aliphatic heterocycles. The van der Waals surface area contributed by atoms with Crippen LogP contribution in [0.3, 0.4) is 0 Å². The molecule has 3 aromatic rings. The lowest BCUT2D eigenvalue weighted by atomic mass is 10.1. The van der Waals surface area contributed by atoms with E-state index in [1.165, 1.54) is 17.7 Å². The van der Waals surface area contributed by atoms with Gasteiger partial charge in [0.05, 0.1) is 11.4 Å². The van der Waals surface area contributed by atoms with E-state index in [9.17, 15) is 22.3 Å². The number of ketones is 1. The zero-order valence-corrected chi connectivity index (χ0v) is 15.1. The Kier molecular flexibility index (Phi) is 5.57. The fraction of sp³-hybridized carbons (Fsp3) is 0.158. The molecule has 0 radical (unpaired) electrons. The summed E-state index contributed by atoms with van der Waals surface area (Å²) in [5, 5.41) is 3.98. The first-order valence-corrected chi connectivity index (χ1v) is 9.24. The number of rotatable bonds is 6. The molecule has 0 bridgehead atoms. The minimum absolute atomic E-state index is 0.0955. The first kappa shape index (κ1) is 19.1. The van der Waals surface area contributed by atoms with E-state index in [1.54, 1.807) is 48.5 Å². The van der Waals surface area contributed by atoms with Gasteiger partial charge in [-0.2, -0.15) is 5.10 Å². The van der Waals surface area contributed by atoms with Crippen molar-refractivity contribution in [2.75, 3.05) is 0 Å². The van der Waals surface area contributed by atoms with Gasteiger partial charge in [0, 0.05) is 16.9 Å². The first-order valence-electron chi connectivity index (χ1n) is 8.00. The van der Waals surface area contributed by atoms with Gasteiger partial charge in [-0.05, 0) is 42.8 Å². The Morgan fingerprint density at radius 3 is 2.30 bits per heavy atom. The molecular weight excluding hydrogens is 374 g/mol. The number of alkyl halides is 2. The van der Waals surface area contributed by atoms with Gasteiger partial charge in [-0.1, -0.05) is 35.3 Å². The van der Waals surface area contributed by atoms with Crippen LogP contribution in [0.25, 0.3) is 16.9 Å². The van der Waals surface area contributed by atoms with E-state index in [0.29, 0.717) is 28.1 Å². The summed E-state index contributed by atoms with van der Waals surface area (Å²) in [4.78, 5) is 11.4. The van der Waals surface area contributed by atoms with Crippen molar-refractivity contribution in [1.82, 2.24) is 9.78 Å². The number of halogens is 2. The van der Waals surface area contributed by atoms with Crippen molar-refractivity contribution in [2.24, 2.45) is 0 Å². The first-order chi connectivity index (χ1) is 12.8. The molecular formula is C19H15F2N2O3S-. The second kappa shape index (κ2) is 7.89. The zero-order valence-electron chi connectivity index (χ0n) is 14.3. The van der Waals surface area contributed by atoms with Crippen LogP contribution in [0.5, 0.6) is 0 Å². The van der Waals surface area contributed by atoms with E-state index in [0.717, 1.165) is 0 Å². The highest BCUT2D eigenvalue weighted by Crippen LogP contribution is 2.28. The summed E-state index contributed by atoms with van der Waals surface area (Å²) in [6.45, 7) is 1.44. The lowest BCUT2D eigenvalue weighted by molar-refractivity contribution is 0.101. The van der Waals surface area contributed by atoms with Crippen LogP contribution in [-0.2, 0) is 16.8 Å². The predicted octanol–water partition coefficient (Wildman–Crippen LogP) is 4.06. The second-order valence-electron chi connectivity index (χ2n) is 5.92. The van der Waals surface area contributed by atoms with E-state index in [4.69, 9.17) is 0 Å². The van der Waals surface area contributed by atoms with Crippen molar-refractivity contribution in [3.8, 4) is 16.9 Å². The van der Waals surface area contributed by atoms with Crippen molar-refractivity contribution < 1.29 is 22.3 Å². The predicted molar refractivity (Wildman–Crippen MR) is 96.6 cm³/mol. The SMILES string of the molecule is CC(=O)c1ccc(-n2nc(C(F)F)cc2-c2ccc(CS(=O)[O-])cc2)cc1. The number of Topliss-reactive ketones (excluding diaryl/α,β-unsaturated/α-hetero) is 1. The van der Waals surface area contributed by atoms with Gasteiger partial charge >= 0.3 is 0 Å². The fourth-order valence-corrected chi connectivity index (χ4v) is 3.12. The van der Waals surface area contributed by atoms with E-state index in [-0.39, 0.29) is 17.2 Å². The molecule has 1 atom stereocenters. The number of benzene rings is 2. The quantitative estimate of drug-likeness (QED) is 0.471. The molecule has 140 valence electrons. The lowest BCUT2D eigenvalue weighted by Crippen LogP contribution is -2.01. The maximum atomic E-state index is 13.2. The van der Waals surface area contributed by atoms with Crippen LogP contribution in [-0.4, -0.2) is 24.3 Å². The molecule has 2 aromatic carbocycles. The maximum absolute atomic E-state index is 13.2. The summed E-state index contributed by atoms with van der Waals surface area (Å²) in [5.74, 6) is -0.212. The van der Waals surface area contributed by atoms with Crippen LogP contribution < -0.4 is 0 Å². The largest absolute Gasteiger partial charge is 0.772 e. The fourth-order valence-electron chi connectivity index (χ4n) is 2.65. The molecule has 0 saturated carbocycles. The zero-order chi connectivity index (χ0) is 19.6. The Bertz CT molecular complexity index is 983. The number of carbonyl (C=O) groups is 1. The van der Waals surface area contributed by atoms with Crippen molar-refractivity contribution >= 4 is 16.9 Å². The maximum Gasteiger partial charge on any atom is 0.282 e. The summed E-state index contributed by atoms with van der Waals surface area (Å²) in [6.07, 6.45) is -2.73. The molecule has 8 heteroatoms. The molecule has 0 spiro atoms. The normalized spacial score (nSPS) is 12.3. The van der Waals surface area contributed by atoms with Gasteiger partial charge in [0.15, 0.2) is 5.78 Å². The van der Waals surface area contributed by atoms with Gasteiger partial charge in [0.25, 0.3) is 6.43 Å². The minimum atomic E-state index is -2.73. The summed E-state index contributed by atoms with van der Waals surface area (Å²) >= 11 is -2.20. The minimum Gasteiger partial charge on any atom is -0.772 e. The average molecular weight is 389 g/mol. The molecule has 1 aromatic heterocycles. The van der Waals surface area contributed by atoms with Crippen molar-refractivity contribution in [3.63, 3.8) is 0 Å². The third-order valence-corrected chi connectivity index (χ3v) is 4.57. The molecule has 0 amide bonds. The topological polar surface area (TPSA) is 75.0 Å². The van der Waals surface area contributed by atoms with Crippen LogP contribution in [0.4, 0.5) is 8.78 Å². The average Bonchev–Trinajstić information content (AvgIpc) is 3.07. The van der Waals surface area contributed by atoms with Crippen molar-refractivity contribution in [2.45, 2.75) is 19.1 Å².